The van der Waals surface area contributed by atoms with E-state index in [0.29, 0.717) is 24.3 Å². The molecule has 21 heavy (non-hydrogen) atoms. The largest absolute Gasteiger partial charge is 0.377 e. The molecule has 0 saturated heterocycles. The van der Waals surface area contributed by atoms with Crippen molar-refractivity contribution in [3.05, 3.63) is 28.8 Å². The molecule has 0 aromatic heterocycles. The van der Waals surface area contributed by atoms with Crippen molar-refractivity contribution in [1.82, 2.24) is 5.32 Å². The van der Waals surface area contributed by atoms with Crippen molar-refractivity contribution in [1.29, 1.82) is 0 Å². The summed E-state index contributed by atoms with van der Waals surface area (Å²) in [6.07, 6.45) is 5.33. The zero-order valence-corrected chi connectivity index (χ0v) is 13.2. The maximum atomic E-state index is 11.8. The van der Waals surface area contributed by atoms with Gasteiger partial charge in [-0.25, -0.2) is 0 Å². The van der Waals surface area contributed by atoms with Crippen LogP contribution in [0.4, 0.5) is 5.69 Å². The molecule has 0 heterocycles. The van der Waals surface area contributed by atoms with E-state index in [2.05, 4.69) is 10.6 Å². The predicted octanol–water partition coefficient (Wildman–Crippen LogP) is 3.14. The molecular weight excluding hydrogens is 288 g/mol. The van der Waals surface area contributed by atoms with Gasteiger partial charge in [0.15, 0.2) is 0 Å². The molecule has 1 aliphatic rings. The van der Waals surface area contributed by atoms with E-state index in [1.165, 1.54) is 25.7 Å². The number of hydrogen-bond donors (Lipinski definition) is 2. The number of rotatable bonds is 7. The van der Waals surface area contributed by atoms with Gasteiger partial charge in [0.1, 0.15) is 0 Å². The number of halogens is 1. The topological polar surface area (TPSA) is 50.4 Å². The van der Waals surface area contributed by atoms with Crippen molar-refractivity contribution in [3.63, 3.8) is 0 Å². The van der Waals surface area contributed by atoms with Crippen LogP contribution in [0.15, 0.2) is 18.2 Å². The van der Waals surface area contributed by atoms with Gasteiger partial charge in [-0.15, -0.1) is 0 Å². The Morgan fingerprint density at radius 1 is 1.38 bits per heavy atom. The third-order valence-corrected chi connectivity index (χ3v) is 3.93. The van der Waals surface area contributed by atoms with Gasteiger partial charge in [-0.05, 0) is 37.5 Å². The van der Waals surface area contributed by atoms with Gasteiger partial charge in [-0.1, -0.05) is 30.5 Å². The third kappa shape index (κ3) is 5.65. The average molecular weight is 311 g/mol. The normalized spacial score (nSPS) is 15.3. The molecule has 1 aromatic rings. The minimum absolute atomic E-state index is 0.0683. The predicted molar refractivity (Wildman–Crippen MR) is 85.9 cm³/mol. The Kier molecular flexibility index (Phi) is 6.49. The van der Waals surface area contributed by atoms with Gasteiger partial charge in [0, 0.05) is 17.3 Å². The summed E-state index contributed by atoms with van der Waals surface area (Å²) in [5.74, 6) is -0.0683. The first-order valence-electron chi connectivity index (χ1n) is 7.53. The molecule has 1 amide bonds. The fourth-order valence-corrected chi connectivity index (χ4v) is 2.65. The van der Waals surface area contributed by atoms with Crippen molar-refractivity contribution >= 4 is 23.2 Å². The van der Waals surface area contributed by atoms with Gasteiger partial charge in [0.25, 0.3) is 0 Å². The second kappa shape index (κ2) is 8.37. The van der Waals surface area contributed by atoms with Crippen molar-refractivity contribution in [2.75, 3.05) is 25.0 Å². The smallest absolute Gasteiger partial charge is 0.238 e. The SMILES string of the molecule is Cc1ccc(Cl)cc1NC(=O)CNCCOC1CCCC1. The van der Waals surface area contributed by atoms with Gasteiger partial charge < -0.3 is 15.4 Å². The molecule has 0 spiro atoms. The molecule has 1 saturated carbocycles. The molecule has 4 nitrogen and oxygen atoms in total. The Bertz CT molecular complexity index is 473. The van der Waals surface area contributed by atoms with Crippen molar-refractivity contribution < 1.29 is 9.53 Å². The Labute approximate surface area is 131 Å². The molecule has 2 rings (SSSR count). The zero-order chi connectivity index (χ0) is 15.1. The Morgan fingerprint density at radius 2 is 2.14 bits per heavy atom. The lowest BCUT2D eigenvalue weighted by molar-refractivity contribution is -0.115. The monoisotopic (exact) mass is 310 g/mol. The van der Waals surface area contributed by atoms with E-state index in [9.17, 15) is 4.79 Å². The van der Waals surface area contributed by atoms with Gasteiger partial charge >= 0.3 is 0 Å². The summed E-state index contributed by atoms with van der Waals surface area (Å²) in [5.41, 5.74) is 1.76. The third-order valence-electron chi connectivity index (χ3n) is 3.69. The van der Waals surface area contributed by atoms with Crippen LogP contribution in [0.3, 0.4) is 0 Å². The Balaban J connectivity index is 1.62. The lowest BCUT2D eigenvalue weighted by Crippen LogP contribution is -2.31. The van der Waals surface area contributed by atoms with Crippen LogP contribution in [-0.2, 0) is 9.53 Å². The quantitative estimate of drug-likeness (QED) is 0.761. The van der Waals surface area contributed by atoms with E-state index in [4.69, 9.17) is 16.3 Å². The number of benzene rings is 1. The molecule has 0 radical (unpaired) electrons. The van der Waals surface area contributed by atoms with Crippen LogP contribution in [-0.4, -0.2) is 31.7 Å². The number of amides is 1. The van der Waals surface area contributed by atoms with Crippen LogP contribution >= 0.6 is 11.6 Å². The molecule has 0 unspecified atom stereocenters. The molecule has 116 valence electrons. The molecule has 5 heteroatoms. The highest BCUT2D eigenvalue weighted by Crippen LogP contribution is 2.21. The molecule has 0 aliphatic heterocycles. The molecule has 0 bridgehead atoms. The summed E-state index contributed by atoms with van der Waals surface area (Å²) in [4.78, 5) is 11.8. The van der Waals surface area contributed by atoms with Crippen molar-refractivity contribution in [2.45, 2.75) is 38.7 Å². The highest BCUT2D eigenvalue weighted by atomic mass is 35.5. The van der Waals surface area contributed by atoms with E-state index in [-0.39, 0.29) is 12.5 Å². The summed E-state index contributed by atoms with van der Waals surface area (Å²) in [7, 11) is 0. The Hall–Kier alpha value is -1.10. The summed E-state index contributed by atoms with van der Waals surface area (Å²) in [5, 5.41) is 6.57. The van der Waals surface area contributed by atoms with E-state index < -0.39 is 0 Å². The highest BCUT2D eigenvalue weighted by molar-refractivity contribution is 6.31. The van der Waals surface area contributed by atoms with Gasteiger partial charge in [-0.2, -0.15) is 0 Å². The lowest BCUT2D eigenvalue weighted by atomic mass is 10.2. The Morgan fingerprint density at radius 3 is 2.90 bits per heavy atom. The van der Waals surface area contributed by atoms with E-state index in [0.717, 1.165) is 11.3 Å². The minimum atomic E-state index is -0.0683. The molecule has 1 aliphatic carbocycles. The number of anilines is 1. The van der Waals surface area contributed by atoms with Crippen LogP contribution < -0.4 is 10.6 Å². The van der Waals surface area contributed by atoms with Gasteiger partial charge in [-0.3, -0.25) is 4.79 Å². The first-order valence-corrected chi connectivity index (χ1v) is 7.91. The molecule has 0 atom stereocenters. The number of nitrogens with one attached hydrogen (secondary N) is 2. The van der Waals surface area contributed by atoms with Gasteiger partial charge in [0.05, 0.1) is 19.3 Å². The second-order valence-corrected chi connectivity index (χ2v) is 5.90. The van der Waals surface area contributed by atoms with E-state index in [1.54, 1.807) is 6.07 Å². The summed E-state index contributed by atoms with van der Waals surface area (Å²) in [6.45, 7) is 3.57. The highest BCUT2D eigenvalue weighted by Gasteiger charge is 2.14. The van der Waals surface area contributed by atoms with E-state index in [1.807, 2.05) is 19.1 Å². The second-order valence-electron chi connectivity index (χ2n) is 5.46. The summed E-state index contributed by atoms with van der Waals surface area (Å²) < 4.78 is 5.73. The van der Waals surface area contributed by atoms with Crippen LogP contribution in [0.5, 0.6) is 0 Å². The molecule has 1 fully saturated rings. The first-order chi connectivity index (χ1) is 10.1. The van der Waals surface area contributed by atoms with Crippen molar-refractivity contribution in [3.8, 4) is 0 Å². The molecule has 2 N–H and O–H groups in total. The maximum Gasteiger partial charge on any atom is 0.238 e. The number of hydrogen-bond acceptors (Lipinski definition) is 3. The molecular formula is C16H23ClN2O2. The van der Waals surface area contributed by atoms with Crippen LogP contribution in [0, 0.1) is 6.92 Å². The molecule has 1 aromatic carbocycles. The van der Waals surface area contributed by atoms with Crippen molar-refractivity contribution in [2.24, 2.45) is 0 Å². The van der Waals surface area contributed by atoms with Crippen LogP contribution in [0.2, 0.25) is 5.02 Å². The minimum Gasteiger partial charge on any atom is -0.377 e. The number of ether oxygens (including phenoxy) is 1. The van der Waals surface area contributed by atoms with E-state index >= 15 is 0 Å². The zero-order valence-electron chi connectivity index (χ0n) is 12.5. The summed E-state index contributed by atoms with van der Waals surface area (Å²) in [6, 6.07) is 5.46. The van der Waals surface area contributed by atoms with Crippen LogP contribution in [0.25, 0.3) is 0 Å². The van der Waals surface area contributed by atoms with Crippen LogP contribution in [0.1, 0.15) is 31.2 Å². The van der Waals surface area contributed by atoms with Gasteiger partial charge in [0.2, 0.25) is 5.91 Å². The lowest BCUT2D eigenvalue weighted by Gasteiger charge is -2.12. The average Bonchev–Trinajstić information content (AvgIpc) is 2.96. The number of carbonyl (C=O) groups excluding carboxylic acids is 1. The number of aryl methyl sites for hydroxylation is 1. The number of carbonyl (C=O) groups is 1. The first kappa shape index (κ1) is 16.3. The fourth-order valence-electron chi connectivity index (χ4n) is 2.48. The fraction of sp³-hybridized carbons (Fsp3) is 0.562. The summed E-state index contributed by atoms with van der Waals surface area (Å²) >= 11 is 5.92. The standard InChI is InChI=1S/C16H23ClN2O2/c1-12-6-7-13(17)10-15(12)19-16(20)11-18-8-9-21-14-4-2-3-5-14/h6-7,10,14,18H,2-5,8-9,11H2,1H3,(H,19,20). The maximum absolute atomic E-state index is 11.8.